The number of fused-ring (bicyclic) bond motifs is 1. The summed E-state index contributed by atoms with van der Waals surface area (Å²) in [6.07, 6.45) is 1.39. The lowest BCUT2D eigenvalue weighted by Gasteiger charge is -2.21. The van der Waals surface area contributed by atoms with Crippen LogP contribution in [0, 0.1) is 10.1 Å². The maximum atomic E-state index is 13.4. The van der Waals surface area contributed by atoms with Crippen molar-refractivity contribution in [2.45, 2.75) is 32.8 Å². The van der Waals surface area contributed by atoms with E-state index in [1.54, 1.807) is 24.3 Å². The standard InChI is InChI=1S/C26H22Br2N4O4/c1-26(2,3)25-30-21-12-11-19(28)13-20(21)24(33)31(25)29-14-17-5-4-6-22(32(34)35)23(17)36-15-16-7-9-18(27)10-8-16/h4-14H,15H2,1-3H3. The average molecular weight is 614 g/mol. The second kappa shape index (κ2) is 10.3. The van der Waals surface area contributed by atoms with Gasteiger partial charge in [-0.3, -0.25) is 14.9 Å². The fourth-order valence-corrected chi connectivity index (χ4v) is 4.17. The van der Waals surface area contributed by atoms with Crippen molar-refractivity contribution in [1.82, 2.24) is 9.66 Å². The van der Waals surface area contributed by atoms with Crippen molar-refractivity contribution in [2.24, 2.45) is 5.10 Å². The van der Waals surface area contributed by atoms with Crippen LogP contribution in [-0.2, 0) is 12.0 Å². The number of nitro groups is 1. The van der Waals surface area contributed by atoms with Gasteiger partial charge in [0.1, 0.15) is 12.4 Å². The van der Waals surface area contributed by atoms with Gasteiger partial charge in [0.2, 0.25) is 5.75 Å². The summed E-state index contributed by atoms with van der Waals surface area (Å²) in [5.41, 5.74) is 0.734. The molecule has 0 saturated carbocycles. The molecule has 0 spiro atoms. The van der Waals surface area contributed by atoms with Crippen LogP contribution in [0.4, 0.5) is 5.69 Å². The highest BCUT2D eigenvalue weighted by molar-refractivity contribution is 9.10. The van der Waals surface area contributed by atoms with E-state index >= 15 is 0 Å². The Morgan fingerprint density at radius 1 is 1.08 bits per heavy atom. The zero-order valence-electron chi connectivity index (χ0n) is 19.7. The average Bonchev–Trinajstić information content (AvgIpc) is 2.82. The number of halogens is 2. The zero-order chi connectivity index (χ0) is 26.0. The second-order valence-corrected chi connectivity index (χ2v) is 10.9. The van der Waals surface area contributed by atoms with Crippen LogP contribution in [0.3, 0.4) is 0 Å². The third kappa shape index (κ3) is 5.55. The van der Waals surface area contributed by atoms with E-state index < -0.39 is 10.3 Å². The minimum Gasteiger partial charge on any atom is -0.481 e. The Hall–Kier alpha value is -3.37. The van der Waals surface area contributed by atoms with Gasteiger partial charge in [0.15, 0.2) is 0 Å². The van der Waals surface area contributed by atoms with Gasteiger partial charge in [-0.1, -0.05) is 70.8 Å². The Balaban J connectivity index is 1.81. The molecule has 0 N–H and O–H groups in total. The Morgan fingerprint density at radius 3 is 2.44 bits per heavy atom. The Kier molecular flexibility index (Phi) is 7.37. The molecule has 184 valence electrons. The van der Waals surface area contributed by atoms with E-state index in [2.05, 4.69) is 37.0 Å². The second-order valence-electron chi connectivity index (χ2n) is 9.08. The lowest BCUT2D eigenvalue weighted by atomic mass is 9.95. The summed E-state index contributed by atoms with van der Waals surface area (Å²) >= 11 is 6.79. The molecule has 1 heterocycles. The van der Waals surface area contributed by atoms with Gasteiger partial charge in [0.25, 0.3) is 5.56 Å². The summed E-state index contributed by atoms with van der Waals surface area (Å²) in [6.45, 7) is 5.93. The van der Waals surface area contributed by atoms with Gasteiger partial charge in [0.05, 0.1) is 22.0 Å². The minimum atomic E-state index is -0.504. The summed E-state index contributed by atoms with van der Waals surface area (Å²) in [4.78, 5) is 29.3. The highest BCUT2D eigenvalue weighted by Crippen LogP contribution is 2.31. The first kappa shape index (κ1) is 25.7. The topological polar surface area (TPSA) is 99.6 Å². The predicted octanol–water partition coefficient (Wildman–Crippen LogP) is 6.59. The number of nitro benzene ring substituents is 1. The first-order valence-electron chi connectivity index (χ1n) is 11.0. The number of aromatic nitrogens is 2. The van der Waals surface area contributed by atoms with Crippen LogP contribution in [0.15, 0.2) is 79.5 Å². The van der Waals surface area contributed by atoms with E-state index in [-0.39, 0.29) is 23.6 Å². The van der Waals surface area contributed by atoms with E-state index in [0.29, 0.717) is 22.3 Å². The van der Waals surface area contributed by atoms with Crippen molar-refractivity contribution in [2.75, 3.05) is 0 Å². The molecule has 0 atom stereocenters. The smallest absolute Gasteiger partial charge is 0.311 e. The van der Waals surface area contributed by atoms with Gasteiger partial charge >= 0.3 is 5.69 Å². The third-order valence-corrected chi connectivity index (χ3v) is 6.33. The van der Waals surface area contributed by atoms with Crippen LogP contribution < -0.4 is 10.3 Å². The minimum absolute atomic E-state index is 0.0658. The molecule has 0 aliphatic heterocycles. The molecule has 0 bridgehead atoms. The van der Waals surface area contributed by atoms with Crippen molar-refractivity contribution in [3.8, 4) is 5.75 Å². The number of para-hydroxylation sites is 1. The number of ether oxygens (including phenoxy) is 1. The number of hydrogen-bond acceptors (Lipinski definition) is 6. The van der Waals surface area contributed by atoms with Crippen LogP contribution in [0.1, 0.15) is 37.7 Å². The highest BCUT2D eigenvalue weighted by atomic mass is 79.9. The summed E-state index contributed by atoms with van der Waals surface area (Å²) in [5.74, 6) is 0.525. The summed E-state index contributed by atoms with van der Waals surface area (Å²) in [5, 5.41) is 16.6. The molecule has 0 unspecified atom stereocenters. The Labute approximate surface area is 224 Å². The molecule has 36 heavy (non-hydrogen) atoms. The van der Waals surface area contributed by atoms with E-state index in [1.807, 2.05) is 51.1 Å². The van der Waals surface area contributed by atoms with Crippen molar-refractivity contribution >= 4 is 54.7 Å². The fraction of sp³-hybridized carbons (Fsp3) is 0.192. The van der Waals surface area contributed by atoms with Crippen LogP contribution in [0.2, 0.25) is 0 Å². The molecule has 0 aliphatic carbocycles. The molecule has 3 aromatic carbocycles. The molecule has 1 aromatic heterocycles. The van der Waals surface area contributed by atoms with Gasteiger partial charge in [-0.25, -0.2) is 4.98 Å². The van der Waals surface area contributed by atoms with Crippen LogP contribution in [0.25, 0.3) is 10.9 Å². The van der Waals surface area contributed by atoms with Gasteiger partial charge in [0, 0.05) is 26.0 Å². The SMILES string of the molecule is CC(C)(C)c1nc2ccc(Br)cc2c(=O)n1N=Cc1cccc([N+](=O)[O-])c1OCc1ccc(Br)cc1. The summed E-state index contributed by atoms with van der Waals surface area (Å²) in [7, 11) is 0. The van der Waals surface area contributed by atoms with Crippen LogP contribution >= 0.6 is 31.9 Å². The van der Waals surface area contributed by atoms with Gasteiger partial charge in [-0.2, -0.15) is 9.78 Å². The Bertz CT molecular complexity index is 1540. The normalized spacial score (nSPS) is 11.8. The van der Waals surface area contributed by atoms with Crippen molar-refractivity contribution < 1.29 is 9.66 Å². The van der Waals surface area contributed by atoms with E-state index in [0.717, 1.165) is 14.5 Å². The molecule has 4 rings (SSSR count). The van der Waals surface area contributed by atoms with Gasteiger partial charge in [-0.05, 0) is 42.0 Å². The highest BCUT2D eigenvalue weighted by Gasteiger charge is 2.23. The number of hydrogen-bond donors (Lipinski definition) is 0. The van der Waals surface area contributed by atoms with Crippen LogP contribution in [-0.4, -0.2) is 20.8 Å². The van der Waals surface area contributed by atoms with Crippen LogP contribution in [0.5, 0.6) is 5.75 Å². The molecule has 0 aliphatic rings. The molecule has 0 fully saturated rings. The Morgan fingerprint density at radius 2 is 1.78 bits per heavy atom. The number of nitrogens with zero attached hydrogens (tertiary/aromatic N) is 4. The molecular weight excluding hydrogens is 592 g/mol. The first-order chi connectivity index (χ1) is 17.0. The molecular formula is C26H22Br2N4O4. The van der Waals surface area contributed by atoms with E-state index in [9.17, 15) is 14.9 Å². The molecule has 8 nitrogen and oxygen atoms in total. The summed E-state index contributed by atoms with van der Waals surface area (Å²) < 4.78 is 8.81. The maximum Gasteiger partial charge on any atom is 0.311 e. The quantitative estimate of drug-likeness (QED) is 0.139. The predicted molar refractivity (Wildman–Crippen MR) is 147 cm³/mol. The van der Waals surface area contributed by atoms with Gasteiger partial charge in [-0.15, -0.1) is 0 Å². The largest absolute Gasteiger partial charge is 0.481 e. The fourth-order valence-electron chi connectivity index (χ4n) is 3.54. The zero-order valence-corrected chi connectivity index (χ0v) is 22.9. The van der Waals surface area contributed by atoms with Crippen molar-refractivity contribution in [3.05, 3.63) is 107 Å². The van der Waals surface area contributed by atoms with Crippen molar-refractivity contribution in [1.29, 1.82) is 0 Å². The maximum absolute atomic E-state index is 13.4. The molecule has 4 aromatic rings. The first-order valence-corrected chi connectivity index (χ1v) is 12.5. The lowest BCUT2D eigenvalue weighted by Crippen LogP contribution is -2.29. The molecule has 0 radical (unpaired) electrons. The molecule has 0 amide bonds. The lowest BCUT2D eigenvalue weighted by molar-refractivity contribution is -0.385. The monoisotopic (exact) mass is 612 g/mol. The number of benzene rings is 3. The molecule has 10 heteroatoms. The van der Waals surface area contributed by atoms with Crippen molar-refractivity contribution in [3.63, 3.8) is 0 Å². The third-order valence-electron chi connectivity index (χ3n) is 5.31. The van der Waals surface area contributed by atoms with E-state index in [1.165, 1.54) is 17.0 Å². The van der Waals surface area contributed by atoms with E-state index in [4.69, 9.17) is 9.72 Å². The summed E-state index contributed by atoms with van der Waals surface area (Å²) in [6, 6.07) is 17.3. The number of rotatable bonds is 6. The molecule has 0 saturated heterocycles. The van der Waals surface area contributed by atoms with Gasteiger partial charge < -0.3 is 4.74 Å².